The Balaban J connectivity index is 0.000000980. The summed E-state index contributed by atoms with van der Waals surface area (Å²) in [6, 6.07) is 0.771. The second-order valence-corrected chi connectivity index (χ2v) is 5.07. The Morgan fingerprint density at radius 3 is 2.57 bits per heavy atom. The van der Waals surface area contributed by atoms with Crippen LogP contribution in [0.1, 0.15) is 32.1 Å². The zero-order chi connectivity index (χ0) is 9.31. The molecule has 0 aromatic carbocycles. The Labute approximate surface area is 104 Å². The van der Waals surface area contributed by atoms with Crippen molar-refractivity contribution in [2.45, 2.75) is 38.1 Å². The van der Waals surface area contributed by atoms with Crippen molar-refractivity contribution in [1.29, 1.82) is 0 Å². The zero-order valence-electron chi connectivity index (χ0n) is 9.08. The van der Waals surface area contributed by atoms with Crippen molar-refractivity contribution in [2.75, 3.05) is 26.7 Å². The summed E-state index contributed by atoms with van der Waals surface area (Å²) < 4.78 is 1.26. The molecule has 14 heavy (non-hydrogen) atoms. The van der Waals surface area contributed by atoms with E-state index in [2.05, 4.69) is 7.05 Å². The topological polar surface area (TPSA) is 20.2 Å². The molecule has 2 heterocycles. The standard InChI is InChI=1S/C11H22NO.HI/c1-12-7-3-2-6-11(12)10(9-13)5-4-8-12;/h10-11,13H,2-9H2,1H3;1H/q+1;/p-1. The van der Waals surface area contributed by atoms with Crippen LogP contribution in [0.2, 0.25) is 0 Å². The fraction of sp³-hybridized carbons (Fsp3) is 1.00. The van der Waals surface area contributed by atoms with Crippen molar-refractivity contribution < 1.29 is 33.6 Å². The molecule has 2 fully saturated rings. The molecule has 2 aliphatic rings. The van der Waals surface area contributed by atoms with E-state index in [-0.39, 0.29) is 24.0 Å². The van der Waals surface area contributed by atoms with Gasteiger partial charge in [0.1, 0.15) is 0 Å². The molecular weight excluding hydrogens is 289 g/mol. The molecule has 0 aliphatic carbocycles. The predicted molar refractivity (Wildman–Crippen MR) is 53.4 cm³/mol. The maximum atomic E-state index is 9.33. The van der Waals surface area contributed by atoms with E-state index in [4.69, 9.17) is 0 Å². The highest BCUT2D eigenvalue weighted by Crippen LogP contribution is 2.35. The van der Waals surface area contributed by atoms with E-state index in [9.17, 15) is 5.11 Å². The Bertz CT molecular complexity index is 184. The quantitative estimate of drug-likeness (QED) is 0.456. The third kappa shape index (κ3) is 2.25. The van der Waals surface area contributed by atoms with Gasteiger partial charge in [0.25, 0.3) is 0 Å². The van der Waals surface area contributed by atoms with E-state index < -0.39 is 0 Å². The summed E-state index contributed by atoms with van der Waals surface area (Å²) in [6.45, 7) is 3.11. The molecule has 0 bridgehead atoms. The number of nitrogens with zero attached hydrogens (tertiary/aromatic N) is 1. The van der Waals surface area contributed by atoms with Gasteiger partial charge in [0.15, 0.2) is 0 Å². The molecule has 2 aliphatic heterocycles. The number of rotatable bonds is 1. The molecule has 0 aromatic rings. The van der Waals surface area contributed by atoms with Crippen LogP contribution in [0.25, 0.3) is 0 Å². The third-order valence-electron chi connectivity index (χ3n) is 4.24. The molecule has 0 saturated carbocycles. The van der Waals surface area contributed by atoms with E-state index in [1.165, 1.54) is 49.7 Å². The van der Waals surface area contributed by atoms with Crippen molar-refractivity contribution >= 4 is 0 Å². The summed E-state index contributed by atoms with van der Waals surface area (Å²) in [4.78, 5) is 0. The minimum absolute atomic E-state index is 0. The normalized spacial score (nSPS) is 42.4. The van der Waals surface area contributed by atoms with Crippen molar-refractivity contribution in [3.63, 3.8) is 0 Å². The molecule has 3 atom stereocenters. The van der Waals surface area contributed by atoms with Crippen molar-refractivity contribution in [2.24, 2.45) is 5.92 Å². The van der Waals surface area contributed by atoms with Crippen molar-refractivity contribution in [3.8, 4) is 0 Å². The molecule has 2 nitrogen and oxygen atoms in total. The number of hydrogen-bond acceptors (Lipinski definition) is 1. The third-order valence-corrected chi connectivity index (χ3v) is 4.24. The van der Waals surface area contributed by atoms with Gasteiger partial charge in [-0.25, -0.2) is 0 Å². The number of aliphatic hydroxyl groups is 1. The van der Waals surface area contributed by atoms with Crippen molar-refractivity contribution in [3.05, 3.63) is 0 Å². The Morgan fingerprint density at radius 2 is 1.86 bits per heavy atom. The van der Waals surface area contributed by atoms with Gasteiger partial charge >= 0.3 is 0 Å². The SMILES string of the molecule is C[N+]12CCCCC1C(CO)CCC2.[I-]. The average molecular weight is 311 g/mol. The maximum Gasteiger partial charge on any atom is 0.0939 e. The van der Waals surface area contributed by atoms with Gasteiger partial charge in [-0.2, -0.15) is 0 Å². The number of hydrogen-bond donors (Lipinski definition) is 1. The first kappa shape index (κ1) is 12.7. The Hall–Kier alpha value is 0.650. The molecule has 0 amide bonds. The van der Waals surface area contributed by atoms with Crippen LogP contribution in [-0.2, 0) is 0 Å². The number of aliphatic hydroxyl groups excluding tert-OH is 1. The Kier molecular flexibility index (Phi) is 4.65. The monoisotopic (exact) mass is 311 g/mol. The molecule has 3 heteroatoms. The highest BCUT2D eigenvalue weighted by Gasteiger charge is 2.42. The largest absolute Gasteiger partial charge is 1.00 e. The average Bonchev–Trinajstić information content (AvgIpc) is 2.15. The van der Waals surface area contributed by atoms with Gasteiger partial charge in [0.2, 0.25) is 0 Å². The summed E-state index contributed by atoms with van der Waals surface area (Å²) >= 11 is 0. The van der Waals surface area contributed by atoms with Crippen LogP contribution in [0.3, 0.4) is 0 Å². The Morgan fingerprint density at radius 1 is 1.14 bits per heavy atom. The van der Waals surface area contributed by atoms with Gasteiger partial charge in [0, 0.05) is 12.3 Å². The number of piperidine rings is 2. The second-order valence-electron chi connectivity index (χ2n) is 5.07. The van der Waals surface area contributed by atoms with Crippen LogP contribution >= 0.6 is 0 Å². The molecular formula is C11H22INO. The van der Waals surface area contributed by atoms with Gasteiger partial charge in [-0.15, -0.1) is 0 Å². The highest BCUT2D eigenvalue weighted by atomic mass is 127. The van der Waals surface area contributed by atoms with Gasteiger partial charge in [-0.05, 0) is 25.7 Å². The minimum Gasteiger partial charge on any atom is -1.00 e. The van der Waals surface area contributed by atoms with E-state index in [0.29, 0.717) is 12.5 Å². The first-order valence-corrected chi connectivity index (χ1v) is 5.71. The van der Waals surface area contributed by atoms with Crippen LogP contribution in [0.4, 0.5) is 0 Å². The fourth-order valence-electron chi connectivity index (χ4n) is 3.45. The maximum absolute atomic E-state index is 9.33. The lowest BCUT2D eigenvalue weighted by atomic mass is 9.82. The molecule has 2 saturated heterocycles. The van der Waals surface area contributed by atoms with Gasteiger partial charge < -0.3 is 33.6 Å². The van der Waals surface area contributed by atoms with Crippen LogP contribution < -0.4 is 24.0 Å². The first-order valence-electron chi connectivity index (χ1n) is 5.71. The first-order chi connectivity index (χ1) is 6.26. The van der Waals surface area contributed by atoms with E-state index >= 15 is 0 Å². The lowest BCUT2D eigenvalue weighted by Crippen LogP contribution is -3.00. The number of fused-ring (bicyclic) bond motifs is 1. The summed E-state index contributed by atoms with van der Waals surface area (Å²) in [5.41, 5.74) is 0. The van der Waals surface area contributed by atoms with Gasteiger partial charge in [-0.1, -0.05) is 0 Å². The minimum atomic E-state index is 0. The number of halogens is 1. The fourth-order valence-corrected chi connectivity index (χ4v) is 3.45. The van der Waals surface area contributed by atoms with E-state index in [1.54, 1.807) is 0 Å². The molecule has 3 unspecified atom stereocenters. The summed E-state index contributed by atoms with van der Waals surface area (Å²) in [5, 5.41) is 9.33. The van der Waals surface area contributed by atoms with E-state index in [0.717, 1.165) is 6.04 Å². The molecule has 1 N–H and O–H groups in total. The zero-order valence-corrected chi connectivity index (χ0v) is 11.2. The van der Waals surface area contributed by atoms with Gasteiger partial charge in [-0.3, -0.25) is 0 Å². The molecule has 84 valence electrons. The second kappa shape index (κ2) is 5.12. The van der Waals surface area contributed by atoms with Crippen molar-refractivity contribution in [1.82, 2.24) is 0 Å². The lowest BCUT2D eigenvalue weighted by molar-refractivity contribution is -0.947. The number of quaternary nitrogens is 1. The molecule has 0 radical (unpaired) electrons. The highest BCUT2D eigenvalue weighted by molar-refractivity contribution is 4.77. The summed E-state index contributed by atoms with van der Waals surface area (Å²) in [5.74, 6) is 0.596. The van der Waals surface area contributed by atoms with Crippen LogP contribution in [0, 0.1) is 5.92 Å². The van der Waals surface area contributed by atoms with Gasteiger partial charge in [0.05, 0.1) is 32.8 Å². The summed E-state index contributed by atoms with van der Waals surface area (Å²) in [7, 11) is 2.39. The van der Waals surface area contributed by atoms with Crippen LogP contribution in [0.5, 0.6) is 0 Å². The van der Waals surface area contributed by atoms with Crippen LogP contribution in [-0.4, -0.2) is 42.4 Å². The molecule has 0 spiro atoms. The smallest absolute Gasteiger partial charge is 0.0939 e. The summed E-state index contributed by atoms with van der Waals surface area (Å²) in [6.07, 6.45) is 6.70. The van der Waals surface area contributed by atoms with Crippen LogP contribution in [0.15, 0.2) is 0 Å². The molecule has 0 aromatic heterocycles. The molecule has 2 rings (SSSR count). The van der Waals surface area contributed by atoms with E-state index in [1.807, 2.05) is 0 Å². The predicted octanol–water partition coefficient (Wildman–Crippen LogP) is -1.61. The lowest BCUT2D eigenvalue weighted by Gasteiger charge is -2.50.